The number of nitrogens with one attached hydrogen (secondary N) is 2. The van der Waals surface area contributed by atoms with Crippen molar-refractivity contribution in [3.05, 3.63) is 0 Å². The van der Waals surface area contributed by atoms with E-state index in [-0.39, 0.29) is 12.3 Å². The van der Waals surface area contributed by atoms with E-state index >= 15 is 0 Å². The number of carboxylic acid groups (broad SMARTS) is 1. The van der Waals surface area contributed by atoms with Crippen LogP contribution in [0.15, 0.2) is 0 Å². The molecule has 0 heterocycles. The number of carbonyl (C=O) groups is 2. The molecule has 2 amide bonds. The standard InChI is InChI=1S/C11H17F3N2O3/c1-7-4-2-3-5-10(7,8(17)18)16-9(19)15-6-11(12,13)14/h7H,2-6H2,1H3,(H,17,18)(H2,15,16,19). The van der Waals surface area contributed by atoms with Crippen molar-refractivity contribution in [1.82, 2.24) is 10.6 Å². The largest absolute Gasteiger partial charge is 0.479 e. The third-order valence-corrected chi connectivity index (χ3v) is 3.47. The Labute approximate surface area is 108 Å². The first-order valence-electron chi connectivity index (χ1n) is 6.03. The minimum absolute atomic E-state index is 0.225. The van der Waals surface area contributed by atoms with E-state index in [9.17, 15) is 27.9 Å². The number of hydrogen-bond donors (Lipinski definition) is 3. The third-order valence-electron chi connectivity index (χ3n) is 3.47. The highest BCUT2D eigenvalue weighted by Crippen LogP contribution is 2.33. The highest BCUT2D eigenvalue weighted by atomic mass is 19.4. The predicted octanol–water partition coefficient (Wildman–Crippen LogP) is 1.88. The first kappa shape index (κ1) is 15.6. The Morgan fingerprint density at radius 1 is 1.37 bits per heavy atom. The summed E-state index contributed by atoms with van der Waals surface area (Å²) in [6.45, 7) is 0.195. The molecule has 0 radical (unpaired) electrons. The molecule has 1 fully saturated rings. The second kappa shape index (κ2) is 5.66. The number of aliphatic carboxylic acids is 1. The number of amides is 2. The lowest BCUT2D eigenvalue weighted by molar-refractivity contribution is -0.148. The number of alkyl halides is 3. The van der Waals surface area contributed by atoms with Gasteiger partial charge < -0.3 is 15.7 Å². The highest BCUT2D eigenvalue weighted by Gasteiger charge is 2.46. The molecule has 0 aromatic rings. The summed E-state index contributed by atoms with van der Waals surface area (Å²) >= 11 is 0. The Morgan fingerprint density at radius 3 is 2.47 bits per heavy atom. The molecule has 3 N–H and O–H groups in total. The van der Waals surface area contributed by atoms with Crippen LogP contribution in [0.1, 0.15) is 32.6 Å². The van der Waals surface area contributed by atoms with Crippen molar-refractivity contribution in [2.75, 3.05) is 6.54 Å². The summed E-state index contributed by atoms with van der Waals surface area (Å²) in [5.41, 5.74) is -1.48. The maximum atomic E-state index is 12.0. The Bertz CT molecular complexity index is 360. The lowest BCUT2D eigenvalue weighted by Gasteiger charge is -2.39. The van der Waals surface area contributed by atoms with Crippen LogP contribution in [-0.2, 0) is 4.79 Å². The fraction of sp³-hybridized carbons (Fsp3) is 0.818. The number of carbonyl (C=O) groups excluding carboxylic acids is 1. The van der Waals surface area contributed by atoms with Gasteiger partial charge in [0.2, 0.25) is 0 Å². The molecule has 0 saturated heterocycles. The molecule has 2 atom stereocenters. The molecule has 1 aliphatic rings. The van der Waals surface area contributed by atoms with Crippen LogP contribution in [0.3, 0.4) is 0 Å². The minimum atomic E-state index is -4.52. The average molecular weight is 282 g/mol. The molecule has 0 spiro atoms. The quantitative estimate of drug-likeness (QED) is 0.739. The molecule has 8 heteroatoms. The van der Waals surface area contributed by atoms with Gasteiger partial charge in [0.25, 0.3) is 0 Å². The first-order chi connectivity index (χ1) is 8.67. The van der Waals surface area contributed by atoms with E-state index in [0.717, 1.165) is 6.42 Å². The maximum absolute atomic E-state index is 12.0. The lowest BCUT2D eigenvalue weighted by Crippen LogP contribution is -2.62. The topological polar surface area (TPSA) is 78.4 Å². The molecule has 1 rings (SSSR count). The van der Waals surface area contributed by atoms with Gasteiger partial charge in [-0.3, -0.25) is 0 Å². The van der Waals surface area contributed by atoms with Gasteiger partial charge in [0.15, 0.2) is 0 Å². The van der Waals surface area contributed by atoms with Gasteiger partial charge in [-0.25, -0.2) is 9.59 Å². The van der Waals surface area contributed by atoms with Gasteiger partial charge in [-0.2, -0.15) is 13.2 Å². The summed E-state index contributed by atoms with van der Waals surface area (Å²) in [5.74, 6) is -1.53. The minimum Gasteiger partial charge on any atom is -0.479 e. The van der Waals surface area contributed by atoms with Crippen molar-refractivity contribution in [3.8, 4) is 0 Å². The van der Waals surface area contributed by atoms with Gasteiger partial charge in [-0.1, -0.05) is 19.8 Å². The van der Waals surface area contributed by atoms with Crippen molar-refractivity contribution in [1.29, 1.82) is 0 Å². The summed E-state index contributed by atoms with van der Waals surface area (Å²) in [4.78, 5) is 22.8. The molecule has 2 unspecified atom stereocenters. The molecule has 110 valence electrons. The molecule has 0 aliphatic heterocycles. The molecular formula is C11H17F3N2O3. The normalized spacial score (nSPS) is 27.7. The third kappa shape index (κ3) is 4.00. The zero-order chi connectivity index (χ0) is 14.7. The van der Waals surface area contributed by atoms with Crippen LogP contribution in [0.4, 0.5) is 18.0 Å². The number of carboxylic acids is 1. The Balaban J connectivity index is 2.69. The summed E-state index contributed by atoms with van der Waals surface area (Å²) < 4.78 is 35.9. The van der Waals surface area contributed by atoms with Crippen LogP contribution in [0.5, 0.6) is 0 Å². The second-order valence-electron chi connectivity index (χ2n) is 4.85. The number of hydrogen-bond acceptors (Lipinski definition) is 2. The van der Waals surface area contributed by atoms with E-state index in [4.69, 9.17) is 0 Å². The van der Waals surface area contributed by atoms with Crippen molar-refractivity contribution >= 4 is 12.0 Å². The Kier molecular flexibility index (Phi) is 4.65. The monoisotopic (exact) mass is 282 g/mol. The summed E-state index contributed by atoms with van der Waals surface area (Å²) in [7, 11) is 0. The van der Waals surface area contributed by atoms with Crippen molar-refractivity contribution in [2.24, 2.45) is 5.92 Å². The predicted molar refractivity (Wildman–Crippen MR) is 60.6 cm³/mol. The second-order valence-corrected chi connectivity index (χ2v) is 4.85. The van der Waals surface area contributed by atoms with Crippen molar-refractivity contribution in [3.63, 3.8) is 0 Å². The molecule has 19 heavy (non-hydrogen) atoms. The van der Waals surface area contributed by atoms with Gasteiger partial charge in [-0.15, -0.1) is 0 Å². The van der Waals surface area contributed by atoms with Crippen LogP contribution in [-0.4, -0.2) is 35.4 Å². The smallest absolute Gasteiger partial charge is 0.405 e. The van der Waals surface area contributed by atoms with Crippen LogP contribution in [0.25, 0.3) is 0 Å². The van der Waals surface area contributed by atoms with E-state index in [1.54, 1.807) is 12.2 Å². The molecule has 0 aromatic carbocycles. The molecular weight excluding hydrogens is 265 g/mol. The summed E-state index contributed by atoms with van der Waals surface area (Å²) in [6, 6.07) is -1.10. The van der Waals surface area contributed by atoms with Crippen molar-refractivity contribution in [2.45, 2.75) is 44.3 Å². The highest BCUT2D eigenvalue weighted by molar-refractivity contribution is 5.86. The summed E-state index contributed by atoms with van der Waals surface area (Å²) in [5, 5.41) is 13.1. The van der Waals surface area contributed by atoms with E-state index in [0.29, 0.717) is 12.8 Å². The lowest BCUT2D eigenvalue weighted by atomic mass is 9.73. The van der Waals surface area contributed by atoms with Gasteiger partial charge in [0.1, 0.15) is 12.1 Å². The fourth-order valence-electron chi connectivity index (χ4n) is 2.33. The maximum Gasteiger partial charge on any atom is 0.405 e. The molecule has 5 nitrogen and oxygen atoms in total. The van der Waals surface area contributed by atoms with E-state index < -0.39 is 30.3 Å². The van der Waals surface area contributed by atoms with Crippen LogP contribution in [0.2, 0.25) is 0 Å². The van der Waals surface area contributed by atoms with E-state index in [1.807, 2.05) is 0 Å². The van der Waals surface area contributed by atoms with Gasteiger partial charge >= 0.3 is 18.2 Å². The van der Waals surface area contributed by atoms with E-state index in [2.05, 4.69) is 5.32 Å². The molecule has 0 bridgehead atoms. The van der Waals surface area contributed by atoms with E-state index in [1.165, 1.54) is 0 Å². The summed E-state index contributed by atoms with van der Waals surface area (Å²) in [6.07, 6.45) is -2.21. The number of urea groups is 1. The van der Waals surface area contributed by atoms with Crippen LogP contribution >= 0.6 is 0 Å². The Hall–Kier alpha value is -1.47. The molecule has 1 saturated carbocycles. The van der Waals surface area contributed by atoms with Gasteiger partial charge in [0, 0.05) is 0 Å². The molecule has 1 aliphatic carbocycles. The van der Waals surface area contributed by atoms with Gasteiger partial charge in [0.05, 0.1) is 0 Å². The average Bonchev–Trinajstić information content (AvgIpc) is 2.28. The number of rotatable bonds is 3. The SMILES string of the molecule is CC1CCCCC1(NC(=O)NCC(F)(F)F)C(=O)O. The molecule has 0 aromatic heterocycles. The first-order valence-corrected chi connectivity index (χ1v) is 6.03. The fourth-order valence-corrected chi connectivity index (χ4v) is 2.33. The Morgan fingerprint density at radius 2 is 2.00 bits per heavy atom. The zero-order valence-corrected chi connectivity index (χ0v) is 10.5. The van der Waals surface area contributed by atoms with Crippen LogP contribution in [0, 0.1) is 5.92 Å². The van der Waals surface area contributed by atoms with Crippen molar-refractivity contribution < 1.29 is 27.9 Å². The zero-order valence-electron chi connectivity index (χ0n) is 10.5. The van der Waals surface area contributed by atoms with Crippen LogP contribution < -0.4 is 10.6 Å². The number of halogens is 3. The van der Waals surface area contributed by atoms with Gasteiger partial charge in [-0.05, 0) is 18.8 Å².